The molecule has 2 aliphatic carbocycles. The predicted molar refractivity (Wildman–Crippen MR) is 56.8 cm³/mol. The molecule has 1 aliphatic heterocycles. The van der Waals surface area contributed by atoms with Gasteiger partial charge in [-0.3, -0.25) is 19.3 Å². The van der Waals surface area contributed by atoms with Crippen molar-refractivity contribution in [2.24, 2.45) is 17.8 Å². The average molecular weight is 237 g/mol. The Morgan fingerprint density at radius 2 is 1.59 bits per heavy atom. The highest BCUT2D eigenvalue weighted by molar-refractivity contribution is 6.13. The number of fused-ring (bicyclic) bond motifs is 1. The molecule has 5 nitrogen and oxygen atoms in total. The van der Waals surface area contributed by atoms with Crippen molar-refractivity contribution in [2.45, 2.75) is 38.1 Å². The second kappa shape index (κ2) is 3.55. The van der Waals surface area contributed by atoms with Crippen molar-refractivity contribution < 1.29 is 19.5 Å². The van der Waals surface area contributed by atoms with E-state index in [0.29, 0.717) is 0 Å². The molecule has 5 heteroatoms. The number of carbonyl (C=O) groups excluding carboxylic acids is 2. The Morgan fingerprint density at radius 3 is 2.06 bits per heavy atom. The molecule has 0 aromatic carbocycles. The largest absolute Gasteiger partial charge is 0.481 e. The zero-order chi connectivity index (χ0) is 12.2. The smallest absolute Gasteiger partial charge is 0.308 e. The van der Waals surface area contributed by atoms with Gasteiger partial charge in [-0.15, -0.1) is 0 Å². The number of nitrogens with zero attached hydrogens (tertiary/aromatic N) is 1. The summed E-state index contributed by atoms with van der Waals surface area (Å²) in [5.74, 6) is -3.33. The van der Waals surface area contributed by atoms with Gasteiger partial charge in [0, 0.05) is 6.04 Å². The second-order valence-electron chi connectivity index (χ2n) is 5.25. The van der Waals surface area contributed by atoms with Crippen LogP contribution < -0.4 is 0 Å². The molecule has 2 saturated carbocycles. The van der Waals surface area contributed by atoms with Gasteiger partial charge in [-0.25, -0.2) is 0 Å². The number of piperidine rings is 1. The summed E-state index contributed by atoms with van der Waals surface area (Å²) in [7, 11) is 0. The topological polar surface area (TPSA) is 74.7 Å². The molecule has 2 atom stereocenters. The fourth-order valence-electron chi connectivity index (χ4n) is 3.36. The molecule has 17 heavy (non-hydrogen) atoms. The first-order valence-corrected chi connectivity index (χ1v) is 6.22. The number of imide groups is 1. The molecular formula is C12H15NO4. The van der Waals surface area contributed by atoms with Gasteiger partial charge < -0.3 is 5.11 Å². The van der Waals surface area contributed by atoms with Crippen LogP contribution in [0, 0.1) is 17.8 Å². The van der Waals surface area contributed by atoms with Crippen LogP contribution in [0.15, 0.2) is 0 Å². The quantitative estimate of drug-likeness (QED) is 0.715. The van der Waals surface area contributed by atoms with Gasteiger partial charge >= 0.3 is 5.97 Å². The number of carboxylic acid groups (broad SMARTS) is 1. The van der Waals surface area contributed by atoms with E-state index in [1.165, 1.54) is 4.90 Å². The third kappa shape index (κ3) is 1.41. The first kappa shape index (κ1) is 10.7. The molecule has 0 bridgehead atoms. The van der Waals surface area contributed by atoms with Crippen LogP contribution in [-0.2, 0) is 14.4 Å². The van der Waals surface area contributed by atoms with E-state index in [0.717, 1.165) is 32.1 Å². The Labute approximate surface area is 98.8 Å². The molecule has 1 heterocycles. The number of rotatable bonds is 2. The molecule has 0 aromatic heterocycles. The summed E-state index contributed by atoms with van der Waals surface area (Å²) in [4.78, 5) is 36.2. The standard InChI is InChI=1S/C12H15NO4/c14-10-7-8(9(7)12(16)17)11(15)13(10)6-4-2-1-3-5-6/h6-9H,1-5H2,(H,16,17). The maximum Gasteiger partial charge on any atom is 0.308 e. The highest BCUT2D eigenvalue weighted by atomic mass is 16.4. The third-order valence-electron chi connectivity index (χ3n) is 4.29. The van der Waals surface area contributed by atoms with Crippen LogP contribution in [0.2, 0.25) is 0 Å². The predicted octanol–water partition coefficient (Wildman–Crippen LogP) is 0.635. The van der Waals surface area contributed by atoms with Crippen LogP contribution >= 0.6 is 0 Å². The summed E-state index contributed by atoms with van der Waals surface area (Å²) >= 11 is 0. The van der Waals surface area contributed by atoms with Gasteiger partial charge in [-0.1, -0.05) is 19.3 Å². The number of carbonyl (C=O) groups is 3. The van der Waals surface area contributed by atoms with Gasteiger partial charge in [0.1, 0.15) is 0 Å². The van der Waals surface area contributed by atoms with Crippen LogP contribution in [0.5, 0.6) is 0 Å². The van der Waals surface area contributed by atoms with E-state index in [-0.39, 0.29) is 17.9 Å². The minimum Gasteiger partial charge on any atom is -0.481 e. The first-order valence-electron chi connectivity index (χ1n) is 6.22. The molecule has 0 aromatic rings. The van der Waals surface area contributed by atoms with Gasteiger partial charge in [-0.2, -0.15) is 0 Å². The summed E-state index contributed by atoms with van der Waals surface area (Å²) in [6, 6.07) is 0.0333. The van der Waals surface area contributed by atoms with Crippen molar-refractivity contribution >= 4 is 17.8 Å². The van der Waals surface area contributed by atoms with E-state index in [2.05, 4.69) is 0 Å². The van der Waals surface area contributed by atoms with Crippen molar-refractivity contribution in [1.29, 1.82) is 0 Å². The number of amides is 2. The molecular weight excluding hydrogens is 222 g/mol. The highest BCUT2D eigenvalue weighted by Gasteiger charge is 2.71. The van der Waals surface area contributed by atoms with Crippen LogP contribution in [0.3, 0.4) is 0 Å². The fourth-order valence-corrected chi connectivity index (χ4v) is 3.36. The number of aliphatic carboxylic acids is 1. The van der Waals surface area contributed by atoms with Crippen molar-refractivity contribution in [3.63, 3.8) is 0 Å². The lowest BCUT2D eigenvalue weighted by Gasteiger charge is -2.31. The van der Waals surface area contributed by atoms with E-state index in [1.54, 1.807) is 0 Å². The van der Waals surface area contributed by atoms with E-state index in [9.17, 15) is 14.4 Å². The maximum absolute atomic E-state index is 12.0. The van der Waals surface area contributed by atoms with Gasteiger partial charge in [-0.05, 0) is 12.8 Å². The summed E-state index contributed by atoms with van der Waals surface area (Å²) in [6.07, 6.45) is 5.04. The van der Waals surface area contributed by atoms with Crippen molar-refractivity contribution in [2.75, 3.05) is 0 Å². The molecule has 92 valence electrons. The van der Waals surface area contributed by atoms with Gasteiger partial charge in [0.25, 0.3) is 0 Å². The molecule has 1 N–H and O–H groups in total. The Morgan fingerprint density at radius 1 is 1.06 bits per heavy atom. The summed E-state index contributed by atoms with van der Waals surface area (Å²) in [5.41, 5.74) is 0. The monoisotopic (exact) mass is 237 g/mol. The van der Waals surface area contributed by atoms with Gasteiger partial charge in [0.15, 0.2) is 0 Å². The lowest BCUT2D eigenvalue weighted by Crippen LogP contribution is -2.44. The molecule has 0 spiro atoms. The summed E-state index contributed by atoms with van der Waals surface area (Å²) in [5, 5.41) is 8.87. The average Bonchev–Trinajstić information content (AvgIpc) is 3.00. The fraction of sp³-hybridized carbons (Fsp3) is 0.750. The van der Waals surface area contributed by atoms with Crippen molar-refractivity contribution in [3.05, 3.63) is 0 Å². The molecule has 2 amide bonds. The second-order valence-corrected chi connectivity index (χ2v) is 5.25. The molecule has 3 aliphatic rings. The van der Waals surface area contributed by atoms with E-state index in [4.69, 9.17) is 5.11 Å². The van der Waals surface area contributed by atoms with Crippen molar-refractivity contribution in [1.82, 2.24) is 4.90 Å². The lowest BCUT2D eigenvalue weighted by atomic mass is 9.94. The number of hydrogen-bond acceptors (Lipinski definition) is 3. The number of likely N-dealkylation sites (tertiary alicyclic amines) is 1. The number of hydrogen-bond donors (Lipinski definition) is 1. The van der Waals surface area contributed by atoms with E-state index >= 15 is 0 Å². The Kier molecular flexibility index (Phi) is 2.24. The Balaban J connectivity index is 1.76. The zero-order valence-electron chi connectivity index (χ0n) is 9.46. The minimum absolute atomic E-state index is 0.0333. The number of carboxylic acids is 1. The third-order valence-corrected chi connectivity index (χ3v) is 4.29. The zero-order valence-corrected chi connectivity index (χ0v) is 9.46. The van der Waals surface area contributed by atoms with Crippen molar-refractivity contribution in [3.8, 4) is 0 Å². The lowest BCUT2D eigenvalue weighted by molar-refractivity contribution is -0.151. The Hall–Kier alpha value is -1.39. The minimum atomic E-state index is -1.01. The summed E-state index contributed by atoms with van der Waals surface area (Å²) < 4.78 is 0. The van der Waals surface area contributed by atoms with Crippen LogP contribution in [0.25, 0.3) is 0 Å². The van der Waals surface area contributed by atoms with Crippen LogP contribution in [0.1, 0.15) is 32.1 Å². The summed E-state index contributed by atoms with van der Waals surface area (Å²) in [6.45, 7) is 0. The SMILES string of the molecule is O=C(O)C1C2C(=O)N(C3CCCCC3)C(=O)C12. The molecule has 1 saturated heterocycles. The molecule has 2 unspecified atom stereocenters. The highest BCUT2D eigenvalue weighted by Crippen LogP contribution is 2.54. The van der Waals surface area contributed by atoms with Gasteiger partial charge in [0.2, 0.25) is 11.8 Å². The Bertz CT molecular complexity index is 377. The van der Waals surface area contributed by atoms with Crippen LogP contribution in [0.4, 0.5) is 0 Å². The molecule has 3 fully saturated rings. The molecule has 0 radical (unpaired) electrons. The van der Waals surface area contributed by atoms with Gasteiger partial charge in [0.05, 0.1) is 17.8 Å². The normalized spacial score (nSPS) is 37.2. The van der Waals surface area contributed by atoms with E-state index in [1.807, 2.05) is 0 Å². The maximum atomic E-state index is 12.0. The van der Waals surface area contributed by atoms with E-state index < -0.39 is 23.7 Å². The molecule has 3 rings (SSSR count). The van der Waals surface area contributed by atoms with Crippen LogP contribution in [-0.4, -0.2) is 33.8 Å². The first-order chi connectivity index (χ1) is 8.13.